The van der Waals surface area contributed by atoms with Crippen molar-refractivity contribution in [3.63, 3.8) is 0 Å². The maximum atomic E-state index is 10.8. The molecule has 146 valence electrons. The molecule has 3 aliphatic carbocycles. The van der Waals surface area contributed by atoms with Crippen LogP contribution in [0.4, 0.5) is 0 Å². The molecule has 2 saturated carbocycles. The quantitative estimate of drug-likeness (QED) is 0.522. The van der Waals surface area contributed by atoms with E-state index in [-0.39, 0.29) is 11.0 Å². The summed E-state index contributed by atoms with van der Waals surface area (Å²) in [6, 6.07) is 0. The second kappa shape index (κ2) is 5.66. The lowest BCUT2D eigenvalue weighted by molar-refractivity contribution is -0.0702. The Morgan fingerprint density at radius 1 is 1.15 bits per heavy atom. The summed E-state index contributed by atoms with van der Waals surface area (Å²) in [5.74, 6) is 0.905. The molecule has 0 aromatic heterocycles. The van der Waals surface area contributed by atoms with Gasteiger partial charge in [-0.3, -0.25) is 0 Å². The van der Waals surface area contributed by atoms with E-state index in [1.54, 1.807) is 0 Å². The van der Waals surface area contributed by atoms with Gasteiger partial charge in [-0.25, -0.2) is 0 Å². The molecule has 0 bridgehead atoms. The minimum Gasteiger partial charge on any atom is -0.387 e. The van der Waals surface area contributed by atoms with Crippen molar-refractivity contribution >= 4 is 0 Å². The molecule has 0 radical (unpaired) electrons. The van der Waals surface area contributed by atoms with Gasteiger partial charge in [0.15, 0.2) is 0 Å². The molecule has 1 heterocycles. The second-order valence-corrected chi connectivity index (χ2v) is 10.2. The zero-order valence-corrected chi connectivity index (χ0v) is 16.5. The average Bonchev–Trinajstić information content (AvgIpc) is 3.30. The van der Waals surface area contributed by atoms with Gasteiger partial charge in [0.25, 0.3) is 0 Å². The van der Waals surface area contributed by atoms with Gasteiger partial charge in [0, 0.05) is 0 Å². The van der Waals surface area contributed by atoms with Crippen LogP contribution in [0.3, 0.4) is 0 Å². The van der Waals surface area contributed by atoms with E-state index in [4.69, 9.17) is 4.74 Å². The van der Waals surface area contributed by atoms with Crippen molar-refractivity contribution in [2.75, 3.05) is 0 Å². The van der Waals surface area contributed by atoms with Crippen LogP contribution in [0.5, 0.6) is 0 Å². The van der Waals surface area contributed by atoms with Crippen molar-refractivity contribution in [3.8, 4) is 0 Å². The molecule has 8 atom stereocenters. The fourth-order valence-electron chi connectivity index (χ4n) is 6.75. The maximum Gasteiger partial charge on any atom is 0.127 e. The number of ether oxygens (including phenoxy) is 1. The first-order chi connectivity index (χ1) is 12.0. The van der Waals surface area contributed by atoms with Gasteiger partial charge < -0.3 is 20.1 Å². The van der Waals surface area contributed by atoms with E-state index in [9.17, 15) is 15.3 Å². The van der Waals surface area contributed by atoms with Crippen LogP contribution in [0.1, 0.15) is 59.8 Å². The summed E-state index contributed by atoms with van der Waals surface area (Å²) in [5, 5.41) is 31.5. The van der Waals surface area contributed by atoms with Crippen LogP contribution >= 0.6 is 0 Å². The van der Waals surface area contributed by atoms with E-state index in [1.165, 1.54) is 24.8 Å². The highest BCUT2D eigenvalue weighted by Gasteiger charge is 2.71. The summed E-state index contributed by atoms with van der Waals surface area (Å²) in [6.07, 6.45) is 4.35. The fourth-order valence-corrected chi connectivity index (χ4v) is 6.75. The molecule has 1 aliphatic heterocycles. The first-order valence-corrected chi connectivity index (χ1v) is 10.1. The summed E-state index contributed by atoms with van der Waals surface area (Å²) in [5.41, 5.74) is 1.27. The van der Waals surface area contributed by atoms with E-state index < -0.39 is 30.0 Å². The van der Waals surface area contributed by atoms with Crippen LogP contribution in [-0.4, -0.2) is 45.3 Å². The monoisotopic (exact) mass is 362 g/mol. The first kappa shape index (κ1) is 18.7. The Kier molecular flexibility index (Phi) is 4.07. The molecule has 26 heavy (non-hydrogen) atoms. The zero-order chi connectivity index (χ0) is 19.1. The van der Waals surface area contributed by atoms with Crippen LogP contribution in [0, 0.1) is 22.7 Å². The minimum absolute atomic E-state index is 0.163. The van der Waals surface area contributed by atoms with Crippen molar-refractivity contribution in [2.45, 2.75) is 89.8 Å². The normalized spacial score (nSPS) is 52.7. The predicted molar refractivity (Wildman–Crippen MR) is 100 cm³/mol. The molecule has 0 amide bonds. The van der Waals surface area contributed by atoms with Crippen molar-refractivity contribution < 1.29 is 20.1 Å². The summed E-state index contributed by atoms with van der Waals surface area (Å²) < 4.78 is 5.91. The third kappa shape index (κ3) is 2.35. The molecule has 4 nitrogen and oxygen atoms in total. The van der Waals surface area contributed by atoms with E-state index in [1.807, 2.05) is 0 Å². The maximum absolute atomic E-state index is 10.8. The van der Waals surface area contributed by atoms with Gasteiger partial charge in [-0.2, -0.15) is 0 Å². The number of hydrogen-bond acceptors (Lipinski definition) is 4. The Bertz CT molecular complexity index is 653. The van der Waals surface area contributed by atoms with Gasteiger partial charge >= 0.3 is 0 Å². The number of aliphatic hydroxyl groups is 3. The number of hydrogen-bond donors (Lipinski definition) is 3. The summed E-state index contributed by atoms with van der Waals surface area (Å²) >= 11 is 0. The van der Waals surface area contributed by atoms with E-state index in [2.05, 4.69) is 40.3 Å². The summed E-state index contributed by atoms with van der Waals surface area (Å²) in [6.45, 7) is 13.1. The van der Waals surface area contributed by atoms with Gasteiger partial charge in [-0.05, 0) is 60.8 Å². The topological polar surface area (TPSA) is 73.2 Å². The van der Waals surface area contributed by atoms with Gasteiger partial charge in [-0.1, -0.05) is 45.4 Å². The van der Waals surface area contributed by atoms with Crippen LogP contribution < -0.4 is 0 Å². The highest BCUT2D eigenvalue weighted by Crippen LogP contribution is 2.63. The molecule has 0 aromatic carbocycles. The molecule has 3 fully saturated rings. The van der Waals surface area contributed by atoms with Gasteiger partial charge in [0.2, 0.25) is 0 Å². The van der Waals surface area contributed by atoms with Crippen molar-refractivity contribution in [1.82, 2.24) is 0 Å². The standard InChI is InChI=1S/C22H34O4/c1-12-7-8-15-20(3,4)9-6-10-21(15,5)14(12)11-22-18(25)16(23)13(2)17(24)19(22)26-22/h7,14-19,23-25H,2,6,8-11H2,1,3-5H3/t14-,15-,16-,17+,18-,19+,21+,22-/m0/s1. The van der Waals surface area contributed by atoms with Crippen LogP contribution in [0.15, 0.2) is 23.8 Å². The minimum atomic E-state index is -1.12. The predicted octanol–water partition coefficient (Wildman–Crippen LogP) is 2.97. The molecule has 1 saturated heterocycles. The molecular weight excluding hydrogens is 328 g/mol. The molecule has 4 rings (SSSR count). The summed E-state index contributed by atoms with van der Waals surface area (Å²) in [7, 11) is 0. The molecule has 4 heteroatoms. The third-order valence-corrected chi connectivity index (χ3v) is 8.44. The van der Waals surface area contributed by atoms with Gasteiger partial charge in [-0.15, -0.1) is 0 Å². The van der Waals surface area contributed by atoms with E-state index >= 15 is 0 Å². The molecule has 0 spiro atoms. The lowest BCUT2D eigenvalue weighted by Crippen LogP contribution is -2.55. The number of allylic oxidation sites excluding steroid dienone is 2. The largest absolute Gasteiger partial charge is 0.387 e. The smallest absolute Gasteiger partial charge is 0.127 e. The lowest BCUT2D eigenvalue weighted by Gasteiger charge is -2.57. The molecule has 0 aromatic rings. The SMILES string of the molecule is C=C1[C@@H](O)[C@H]2O[C@@]2(C[C@H]2C(C)=CC[C@H]3C(C)(C)CCC[C@]23C)[C@@H](O)[C@H]1O. The van der Waals surface area contributed by atoms with Crippen LogP contribution in [-0.2, 0) is 4.74 Å². The Hall–Kier alpha value is -0.680. The van der Waals surface area contributed by atoms with Crippen LogP contribution in [0.25, 0.3) is 0 Å². The summed E-state index contributed by atoms with van der Waals surface area (Å²) in [4.78, 5) is 0. The Morgan fingerprint density at radius 3 is 2.54 bits per heavy atom. The molecule has 3 N–H and O–H groups in total. The van der Waals surface area contributed by atoms with Crippen molar-refractivity contribution in [2.24, 2.45) is 22.7 Å². The lowest BCUT2D eigenvalue weighted by atomic mass is 9.47. The Morgan fingerprint density at radius 2 is 1.85 bits per heavy atom. The van der Waals surface area contributed by atoms with Crippen molar-refractivity contribution in [1.29, 1.82) is 0 Å². The van der Waals surface area contributed by atoms with Gasteiger partial charge in [0.05, 0.1) is 0 Å². The van der Waals surface area contributed by atoms with E-state index in [0.717, 1.165) is 6.42 Å². The highest BCUT2D eigenvalue weighted by molar-refractivity contribution is 5.32. The highest BCUT2D eigenvalue weighted by atomic mass is 16.6. The average molecular weight is 363 g/mol. The van der Waals surface area contributed by atoms with Gasteiger partial charge in [0.1, 0.15) is 30.0 Å². The van der Waals surface area contributed by atoms with E-state index in [0.29, 0.717) is 23.7 Å². The molecule has 0 unspecified atom stereocenters. The van der Waals surface area contributed by atoms with Crippen molar-refractivity contribution in [3.05, 3.63) is 23.8 Å². The van der Waals surface area contributed by atoms with Crippen LogP contribution in [0.2, 0.25) is 0 Å². The first-order valence-electron chi connectivity index (χ1n) is 10.1. The zero-order valence-electron chi connectivity index (χ0n) is 16.5. The Balaban J connectivity index is 1.66. The Labute approximate surface area is 156 Å². The third-order valence-electron chi connectivity index (χ3n) is 8.44. The second-order valence-electron chi connectivity index (χ2n) is 10.2. The number of aliphatic hydroxyl groups excluding tert-OH is 3. The number of fused-ring (bicyclic) bond motifs is 2. The molecule has 4 aliphatic rings. The number of rotatable bonds is 2. The fraction of sp³-hybridized carbons (Fsp3) is 0.818. The number of epoxide rings is 1. The molecular formula is C22H34O4.